The van der Waals surface area contributed by atoms with Crippen LogP contribution in [0.25, 0.3) is 4.83 Å². The highest BCUT2D eigenvalue weighted by Crippen LogP contribution is 2.47. The molecule has 2 aliphatic rings. The molecule has 9 heteroatoms. The molecule has 0 unspecified atom stereocenters. The number of carbonyl (C=O) groups is 2. The third-order valence-electron chi connectivity index (χ3n) is 6.15. The number of hydrogen-bond donors (Lipinski definition) is 2. The lowest BCUT2D eigenvalue weighted by molar-refractivity contribution is -0.688. The van der Waals surface area contributed by atoms with E-state index < -0.39 is 18.0 Å². The van der Waals surface area contributed by atoms with Crippen molar-refractivity contribution in [3.63, 3.8) is 0 Å². The number of carbonyl (C=O) groups excluding carboxylic acids is 1. The number of rotatable bonds is 8. The first-order chi connectivity index (χ1) is 14.2. The molecular formula is C21H27N4O4S+. The molecule has 0 saturated carbocycles. The van der Waals surface area contributed by atoms with Gasteiger partial charge in [-0.05, 0) is 14.0 Å². The van der Waals surface area contributed by atoms with Gasteiger partial charge in [0.05, 0.1) is 24.6 Å². The van der Waals surface area contributed by atoms with Gasteiger partial charge in [0.2, 0.25) is 17.1 Å². The second-order valence-electron chi connectivity index (χ2n) is 8.27. The number of hydrogen-bond acceptors (Lipinski definition) is 5. The zero-order valence-corrected chi connectivity index (χ0v) is 18.2. The Morgan fingerprint density at radius 1 is 1.50 bits per heavy atom. The number of thiazole rings is 1. The normalized spacial score (nSPS) is 24.5. The Bertz CT molecular complexity index is 1050. The van der Waals surface area contributed by atoms with Crippen LogP contribution in [0.5, 0.6) is 0 Å². The molecule has 2 aliphatic heterocycles. The average molecular weight is 432 g/mol. The topological polar surface area (TPSA) is 89.4 Å². The Balaban J connectivity index is 1.63. The van der Waals surface area contributed by atoms with Crippen molar-refractivity contribution in [3.8, 4) is 0 Å². The number of aromatic nitrogens is 2. The summed E-state index contributed by atoms with van der Waals surface area (Å²) in [5.41, 5.74) is 1.94. The maximum absolute atomic E-state index is 12.5. The molecular weight excluding hydrogens is 404 g/mol. The molecule has 2 aromatic rings. The summed E-state index contributed by atoms with van der Waals surface area (Å²) in [5.74, 6) is -2.06. The van der Waals surface area contributed by atoms with Crippen LogP contribution in [-0.4, -0.2) is 62.0 Å². The minimum atomic E-state index is -1.09. The SMILES string of the molecule is C=CCN(C)Cc1csc2c[n+](CC3=C(C(=O)O)N4C(=O)[C@H]([C@@H](C)O)[C@H]4[C@H]3C)cn12. The molecule has 0 radical (unpaired) electrons. The molecule has 30 heavy (non-hydrogen) atoms. The number of nitrogens with zero attached hydrogens (tertiary/aromatic N) is 4. The molecule has 2 N–H and O–H groups in total. The number of aliphatic hydroxyl groups excluding tert-OH is 1. The number of carboxylic acids is 1. The summed E-state index contributed by atoms with van der Waals surface area (Å²) >= 11 is 1.64. The zero-order chi connectivity index (χ0) is 21.7. The molecule has 160 valence electrons. The summed E-state index contributed by atoms with van der Waals surface area (Å²) in [6.45, 7) is 9.27. The standard InChI is InChI=1S/C21H26N4O4S/c1-5-6-22(4)7-14-10-30-16-9-23(11-24(14)16)8-15-12(2)18-17(13(3)26)20(27)25(18)19(15)21(28)29/h5,9-13,17-18,26H,1,6-8H2,2-4H3/p+1/t12-,13+,17+,18+/m0/s1. The lowest BCUT2D eigenvalue weighted by Crippen LogP contribution is -2.63. The predicted octanol–water partition coefficient (Wildman–Crippen LogP) is 1.10. The summed E-state index contributed by atoms with van der Waals surface area (Å²) < 4.78 is 4.09. The predicted molar refractivity (Wildman–Crippen MR) is 112 cm³/mol. The first-order valence-corrected chi connectivity index (χ1v) is 10.9. The second-order valence-corrected chi connectivity index (χ2v) is 9.16. The van der Waals surface area contributed by atoms with Crippen LogP contribution in [0.15, 0.2) is 41.8 Å². The second kappa shape index (κ2) is 7.64. The number of aliphatic hydroxyl groups is 1. The van der Waals surface area contributed by atoms with Crippen LogP contribution in [-0.2, 0) is 22.7 Å². The van der Waals surface area contributed by atoms with Crippen molar-refractivity contribution >= 4 is 28.0 Å². The van der Waals surface area contributed by atoms with E-state index in [-0.39, 0.29) is 23.6 Å². The lowest BCUT2D eigenvalue weighted by atomic mass is 9.78. The van der Waals surface area contributed by atoms with Crippen molar-refractivity contribution in [2.75, 3.05) is 13.6 Å². The van der Waals surface area contributed by atoms with Gasteiger partial charge in [0.1, 0.15) is 24.1 Å². The fourth-order valence-corrected chi connectivity index (χ4v) is 5.66. The number of aliphatic carboxylic acids is 1. The van der Waals surface area contributed by atoms with E-state index in [2.05, 4.69) is 21.3 Å². The van der Waals surface area contributed by atoms with E-state index in [4.69, 9.17) is 0 Å². The van der Waals surface area contributed by atoms with Crippen molar-refractivity contribution in [3.05, 3.63) is 47.5 Å². The Morgan fingerprint density at radius 3 is 2.87 bits per heavy atom. The van der Waals surface area contributed by atoms with Gasteiger partial charge in [-0.3, -0.25) is 9.69 Å². The Kier molecular flexibility index (Phi) is 5.29. The molecule has 1 fully saturated rings. The zero-order valence-electron chi connectivity index (χ0n) is 17.4. The largest absolute Gasteiger partial charge is 0.477 e. The van der Waals surface area contributed by atoms with Crippen LogP contribution in [0.4, 0.5) is 0 Å². The highest BCUT2D eigenvalue weighted by atomic mass is 32.1. The van der Waals surface area contributed by atoms with Crippen molar-refractivity contribution in [2.24, 2.45) is 11.8 Å². The number of amides is 1. The van der Waals surface area contributed by atoms with Crippen molar-refractivity contribution in [1.82, 2.24) is 14.2 Å². The molecule has 4 rings (SSSR count). The maximum atomic E-state index is 12.5. The third kappa shape index (κ3) is 3.17. The number of imidazole rings is 1. The van der Waals surface area contributed by atoms with Gasteiger partial charge in [0.15, 0.2) is 0 Å². The Labute approximate surface area is 178 Å². The fourth-order valence-electron chi connectivity index (χ4n) is 4.74. The number of likely N-dealkylation sites (N-methyl/N-ethyl adjacent to an activating group) is 1. The van der Waals surface area contributed by atoms with Crippen LogP contribution in [0.3, 0.4) is 0 Å². The van der Waals surface area contributed by atoms with Crippen LogP contribution >= 0.6 is 11.3 Å². The van der Waals surface area contributed by atoms with Gasteiger partial charge in [-0.1, -0.05) is 24.3 Å². The van der Waals surface area contributed by atoms with E-state index in [0.29, 0.717) is 6.54 Å². The number of carboxylic acid groups (broad SMARTS) is 1. The number of β-lactam (4-membered cyclic amide) rings is 1. The highest BCUT2D eigenvalue weighted by molar-refractivity contribution is 7.15. The quantitative estimate of drug-likeness (QED) is 0.371. The summed E-state index contributed by atoms with van der Waals surface area (Å²) in [7, 11) is 2.03. The van der Waals surface area contributed by atoms with E-state index in [0.717, 1.165) is 29.2 Å². The summed E-state index contributed by atoms with van der Waals surface area (Å²) in [5, 5.41) is 21.9. The van der Waals surface area contributed by atoms with Gasteiger partial charge in [-0.2, -0.15) is 4.40 Å². The van der Waals surface area contributed by atoms with Crippen LogP contribution in [0.1, 0.15) is 19.5 Å². The van der Waals surface area contributed by atoms with Gasteiger partial charge in [0, 0.05) is 23.4 Å². The van der Waals surface area contributed by atoms with E-state index >= 15 is 0 Å². The number of fused-ring (bicyclic) bond motifs is 2. The molecule has 0 spiro atoms. The van der Waals surface area contributed by atoms with Crippen LogP contribution < -0.4 is 4.57 Å². The first-order valence-electron chi connectivity index (χ1n) is 9.99. The van der Waals surface area contributed by atoms with E-state index in [1.54, 1.807) is 18.3 Å². The van der Waals surface area contributed by atoms with Crippen molar-refractivity contribution < 1.29 is 24.4 Å². The van der Waals surface area contributed by atoms with Gasteiger partial charge in [-0.25, -0.2) is 9.36 Å². The van der Waals surface area contributed by atoms with Gasteiger partial charge >= 0.3 is 5.97 Å². The molecule has 8 nitrogen and oxygen atoms in total. The van der Waals surface area contributed by atoms with E-state index in [1.165, 1.54) is 4.90 Å². The highest BCUT2D eigenvalue weighted by Gasteiger charge is 2.60. The monoisotopic (exact) mass is 431 g/mol. The molecule has 0 aromatic carbocycles. The molecule has 1 saturated heterocycles. The molecule has 2 aromatic heterocycles. The van der Waals surface area contributed by atoms with E-state index in [1.807, 2.05) is 37.1 Å². The maximum Gasteiger partial charge on any atom is 0.352 e. The first kappa shape index (κ1) is 20.8. The molecule has 0 bridgehead atoms. The van der Waals surface area contributed by atoms with Crippen molar-refractivity contribution in [2.45, 2.75) is 39.1 Å². The Hall–Kier alpha value is -2.49. The molecule has 4 atom stereocenters. The minimum absolute atomic E-state index is 0.0717. The van der Waals surface area contributed by atoms with Crippen LogP contribution in [0, 0.1) is 11.8 Å². The minimum Gasteiger partial charge on any atom is -0.477 e. The molecule has 0 aliphatic carbocycles. The summed E-state index contributed by atoms with van der Waals surface area (Å²) in [4.78, 5) is 29.1. The Morgan fingerprint density at radius 2 is 2.23 bits per heavy atom. The fraction of sp³-hybridized carbons (Fsp3) is 0.476. The summed E-state index contributed by atoms with van der Waals surface area (Å²) in [6.07, 6.45) is 5.06. The van der Waals surface area contributed by atoms with Crippen LogP contribution in [0.2, 0.25) is 0 Å². The molecule has 4 heterocycles. The van der Waals surface area contributed by atoms with E-state index in [9.17, 15) is 19.8 Å². The lowest BCUT2D eigenvalue weighted by Gasteiger charge is -2.46. The summed E-state index contributed by atoms with van der Waals surface area (Å²) in [6, 6.07) is -0.286. The van der Waals surface area contributed by atoms with Gasteiger partial charge < -0.3 is 15.1 Å². The average Bonchev–Trinajstić information content (AvgIpc) is 3.28. The third-order valence-corrected chi connectivity index (χ3v) is 7.08. The van der Waals surface area contributed by atoms with Crippen molar-refractivity contribution in [1.29, 1.82) is 0 Å². The van der Waals surface area contributed by atoms with Gasteiger partial charge in [-0.15, -0.1) is 6.58 Å². The molecule has 1 amide bonds. The smallest absolute Gasteiger partial charge is 0.352 e. The van der Waals surface area contributed by atoms with Gasteiger partial charge in [0.25, 0.3) is 0 Å².